The number of rotatable bonds is 5. The topological polar surface area (TPSA) is 45.2 Å². The summed E-state index contributed by atoms with van der Waals surface area (Å²) in [6, 6.07) is 6.68. The van der Waals surface area contributed by atoms with Gasteiger partial charge in [0.25, 0.3) is 0 Å². The molecule has 1 aromatic rings. The van der Waals surface area contributed by atoms with Crippen molar-refractivity contribution in [2.45, 2.75) is 37.9 Å². The molecule has 1 aromatic heterocycles. The zero-order valence-corrected chi connectivity index (χ0v) is 12.4. The maximum absolute atomic E-state index is 12.5. The molecule has 1 aliphatic heterocycles. The van der Waals surface area contributed by atoms with Crippen molar-refractivity contribution in [3.8, 4) is 0 Å². The number of pyridine rings is 1. The lowest BCUT2D eigenvalue weighted by Crippen LogP contribution is -2.43. The summed E-state index contributed by atoms with van der Waals surface area (Å²) in [6.07, 6.45) is 4.71. The Balaban J connectivity index is 1.59. The molecule has 1 aliphatic carbocycles. The van der Waals surface area contributed by atoms with Gasteiger partial charge in [-0.1, -0.05) is 6.07 Å². The van der Waals surface area contributed by atoms with Gasteiger partial charge in [0.1, 0.15) is 0 Å². The van der Waals surface area contributed by atoms with Gasteiger partial charge in [-0.05, 0) is 25.0 Å². The molecule has 5 heteroatoms. The molecule has 0 spiro atoms. The lowest BCUT2D eigenvalue weighted by atomic mass is 10.2. The number of nitrogens with one attached hydrogen (secondary N) is 1. The van der Waals surface area contributed by atoms with Gasteiger partial charge >= 0.3 is 0 Å². The van der Waals surface area contributed by atoms with Crippen molar-refractivity contribution in [1.82, 2.24) is 15.2 Å². The standard InChI is InChI=1S/C15H21N3OS/c19-15(9-13-11-20-8-7-17-13)18(14-4-5-14)10-12-3-1-2-6-16-12/h1-3,6,13-14,17H,4-5,7-11H2. The van der Waals surface area contributed by atoms with Gasteiger partial charge in [-0.25, -0.2) is 0 Å². The van der Waals surface area contributed by atoms with Crippen molar-refractivity contribution in [3.63, 3.8) is 0 Å². The van der Waals surface area contributed by atoms with E-state index in [0.29, 0.717) is 25.0 Å². The molecule has 108 valence electrons. The number of nitrogens with zero attached hydrogens (tertiary/aromatic N) is 2. The van der Waals surface area contributed by atoms with Gasteiger partial charge in [-0.3, -0.25) is 9.78 Å². The Kier molecular flexibility index (Phi) is 4.58. The van der Waals surface area contributed by atoms with Crippen LogP contribution in [0.2, 0.25) is 0 Å². The fourth-order valence-electron chi connectivity index (χ4n) is 2.55. The summed E-state index contributed by atoms with van der Waals surface area (Å²) in [4.78, 5) is 18.9. The number of aromatic nitrogens is 1. The Morgan fingerprint density at radius 3 is 3.00 bits per heavy atom. The van der Waals surface area contributed by atoms with Gasteiger partial charge in [0.15, 0.2) is 0 Å². The van der Waals surface area contributed by atoms with Crippen molar-refractivity contribution in [1.29, 1.82) is 0 Å². The van der Waals surface area contributed by atoms with Gasteiger partial charge in [-0.2, -0.15) is 11.8 Å². The van der Waals surface area contributed by atoms with Crippen LogP contribution in [0.15, 0.2) is 24.4 Å². The number of carbonyl (C=O) groups is 1. The first kappa shape index (κ1) is 13.9. The summed E-state index contributed by atoms with van der Waals surface area (Å²) < 4.78 is 0. The fourth-order valence-corrected chi connectivity index (χ4v) is 3.50. The first-order chi connectivity index (χ1) is 9.83. The Morgan fingerprint density at radius 1 is 1.45 bits per heavy atom. The molecule has 20 heavy (non-hydrogen) atoms. The first-order valence-electron chi connectivity index (χ1n) is 7.33. The Bertz CT molecular complexity index is 444. The highest BCUT2D eigenvalue weighted by Crippen LogP contribution is 2.29. The quantitative estimate of drug-likeness (QED) is 0.896. The Hall–Kier alpha value is -1.07. The first-order valence-corrected chi connectivity index (χ1v) is 8.49. The van der Waals surface area contributed by atoms with E-state index in [4.69, 9.17) is 0 Å². The molecule has 2 heterocycles. The summed E-state index contributed by atoms with van der Waals surface area (Å²) in [5, 5.41) is 3.44. The monoisotopic (exact) mass is 291 g/mol. The van der Waals surface area contributed by atoms with Crippen LogP contribution >= 0.6 is 11.8 Å². The molecule has 1 atom stereocenters. The van der Waals surface area contributed by atoms with Gasteiger partial charge < -0.3 is 10.2 Å². The summed E-state index contributed by atoms with van der Waals surface area (Å²) >= 11 is 1.94. The molecule has 0 bridgehead atoms. The van der Waals surface area contributed by atoms with Gasteiger partial charge in [0, 0.05) is 42.8 Å². The van der Waals surface area contributed by atoms with Crippen molar-refractivity contribution in [2.75, 3.05) is 18.1 Å². The lowest BCUT2D eigenvalue weighted by Gasteiger charge is -2.27. The van der Waals surface area contributed by atoms with Crippen LogP contribution in [0.1, 0.15) is 25.0 Å². The second-order valence-corrected chi connectivity index (χ2v) is 6.65. The molecule has 1 saturated carbocycles. The van der Waals surface area contributed by atoms with Crippen LogP contribution < -0.4 is 5.32 Å². The largest absolute Gasteiger partial charge is 0.334 e. The average Bonchev–Trinajstić information content (AvgIpc) is 3.31. The number of hydrogen-bond acceptors (Lipinski definition) is 4. The van der Waals surface area contributed by atoms with E-state index < -0.39 is 0 Å². The van der Waals surface area contributed by atoms with Gasteiger partial charge in [-0.15, -0.1) is 0 Å². The zero-order chi connectivity index (χ0) is 13.8. The summed E-state index contributed by atoms with van der Waals surface area (Å²) in [5.74, 6) is 2.48. The van der Waals surface area contributed by atoms with E-state index in [-0.39, 0.29) is 5.91 Å². The molecule has 1 amide bonds. The van der Waals surface area contributed by atoms with Crippen LogP contribution in [-0.2, 0) is 11.3 Å². The van der Waals surface area contributed by atoms with Crippen molar-refractivity contribution >= 4 is 17.7 Å². The van der Waals surface area contributed by atoms with E-state index in [0.717, 1.165) is 36.6 Å². The van der Waals surface area contributed by atoms with E-state index in [9.17, 15) is 4.79 Å². The SMILES string of the molecule is O=C(CC1CSCCN1)N(Cc1ccccn1)C1CC1. The molecular formula is C15H21N3OS. The number of carbonyl (C=O) groups excluding carboxylic acids is 1. The lowest BCUT2D eigenvalue weighted by molar-refractivity contribution is -0.132. The highest BCUT2D eigenvalue weighted by Gasteiger charge is 2.33. The molecular weight excluding hydrogens is 270 g/mol. The normalized spacial score (nSPS) is 22.5. The minimum Gasteiger partial charge on any atom is -0.334 e. The van der Waals surface area contributed by atoms with E-state index in [1.54, 1.807) is 6.20 Å². The average molecular weight is 291 g/mol. The third kappa shape index (κ3) is 3.73. The molecule has 3 rings (SSSR count). The van der Waals surface area contributed by atoms with Crippen LogP contribution in [0.5, 0.6) is 0 Å². The zero-order valence-electron chi connectivity index (χ0n) is 11.6. The number of hydrogen-bond donors (Lipinski definition) is 1. The smallest absolute Gasteiger partial charge is 0.224 e. The third-order valence-electron chi connectivity index (χ3n) is 3.79. The molecule has 4 nitrogen and oxygen atoms in total. The van der Waals surface area contributed by atoms with Crippen LogP contribution in [0.4, 0.5) is 0 Å². The summed E-state index contributed by atoms with van der Waals surface area (Å²) in [6.45, 7) is 1.68. The molecule has 1 saturated heterocycles. The molecule has 1 unspecified atom stereocenters. The van der Waals surface area contributed by atoms with E-state index in [1.165, 1.54) is 0 Å². The maximum atomic E-state index is 12.5. The minimum atomic E-state index is 0.276. The fraction of sp³-hybridized carbons (Fsp3) is 0.600. The van der Waals surface area contributed by atoms with E-state index in [2.05, 4.69) is 10.3 Å². The van der Waals surface area contributed by atoms with E-state index >= 15 is 0 Å². The van der Waals surface area contributed by atoms with Crippen LogP contribution in [0.25, 0.3) is 0 Å². The maximum Gasteiger partial charge on any atom is 0.224 e. The second-order valence-electron chi connectivity index (χ2n) is 5.50. The predicted octanol–water partition coefficient (Wildman–Crippen LogP) is 1.67. The summed E-state index contributed by atoms with van der Waals surface area (Å²) in [7, 11) is 0. The Labute approximate surface area is 124 Å². The third-order valence-corrected chi connectivity index (χ3v) is 4.92. The van der Waals surface area contributed by atoms with Gasteiger partial charge in [0.2, 0.25) is 5.91 Å². The number of thioether (sulfide) groups is 1. The van der Waals surface area contributed by atoms with Gasteiger partial charge in [0.05, 0.1) is 12.2 Å². The van der Waals surface area contributed by atoms with Crippen molar-refractivity contribution < 1.29 is 4.79 Å². The van der Waals surface area contributed by atoms with Crippen LogP contribution in [0, 0.1) is 0 Å². The molecule has 0 aromatic carbocycles. The minimum absolute atomic E-state index is 0.276. The molecule has 1 N–H and O–H groups in total. The molecule has 0 radical (unpaired) electrons. The number of amides is 1. The van der Waals surface area contributed by atoms with Crippen molar-refractivity contribution in [2.24, 2.45) is 0 Å². The molecule has 2 aliphatic rings. The highest BCUT2D eigenvalue weighted by atomic mass is 32.2. The van der Waals surface area contributed by atoms with E-state index in [1.807, 2.05) is 34.9 Å². The second kappa shape index (κ2) is 6.59. The Morgan fingerprint density at radius 2 is 2.35 bits per heavy atom. The van der Waals surface area contributed by atoms with Crippen LogP contribution in [0.3, 0.4) is 0 Å². The highest BCUT2D eigenvalue weighted by molar-refractivity contribution is 7.99. The molecule has 2 fully saturated rings. The predicted molar refractivity (Wildman–Crippen MR) is 81.5 cm³/mol. The summed E-state index contributed by atoms with van der Waals surface area (Å²) in [5.41, 5.74) is 0.985. The van der Waals surface area contributed by atoms with Crippen molar-refractivity contribution in [3.05, 3.63) is 30.1 Å². The van der Waals surface area contributed by atoms with Crippen LogP contribution in [-0.4, -0.2) is 45.9 Å².